The van der Waals surface area contributed by atoms with Gasteiger partial charge in [0.25, 0.3) is 0 Å². The number of rotatable bonds is 3. The Morgan fingerprint density at radius 1 is 0.750 bits per heavy atom. The van der Waals surface area contributed by atoms with E-state index in [0.29, 0.717) is 11.4 Å². The van der Waals surface area contributed by atoms with E-state index in [1.807, 2.05) is 64.8 Å². The van der Waals surface area contributed by atoms with Gasteiger partial charge in [0.15, 0.2) is 23.8 Å². The molecule has 0 fully saturated rings. The molecule has 6 heterocycles. The maximum Gasteiger partial charge on any atom is 0.583 e. The van der Waals surface area contributed by atoms with Crippen molar-refractivity contribution in [2.45, 2.75) is 58.5 Å². The minimum absolute atomic E-state index is 0.251. The summed E-state index contributed by atoms with van der Waals surface area (Å²) >= 11 is 0. The summed E-state index contributed by atoms with van der Waals surface area (Å²) < 4.78 is 50.3. The number of halogens is 3. The third-order valence-electron chi connectivity index (χ3n) is 9.02. The fraction of sp³-hybridized carbons (Fsp3) is 0.257. The fourth-order valence-corrected chi connectivity index (χ4v) is 7.23. The van der Waals surface area contributed by atoms with Crippen LogP contribution in [0, 0.1) is 6.92 Å². The maximum absolute atomic E-state index is 14.3. The van der Waals surface area contributed by atoms with Gasteiger partial charge in [-0.3, -0.25) is 0 Å². The molecule has 8 rings (SSSR count). The summed E-state index contributed by atoms with van der Waals surface area (Å²) in [5.41, 5.74) is 7.13. The number of pyridine rings is 2. The highest BCUT2D eigenvalue weighted by atomic mass is 19.4. The van der Waals surface area contributed by atoms with Crippen LogP contribution in [0.25, 0.3) is 44.7 Å². The highest BCUT2D eigenvalue weighted by Crippen LogP contribution is 2.46. The minimum atomic E-state index is -4.62. The number of aryl methyl sites for hydroxylation is 1. The lowest BCUT2D eigenvalue weighted by atomic mass is 9.84. The van der Waals surface area contributed by atoms with Crippen molar-refractivity contribution in [2.24, 2.45) is 0 Å². The predicted molar refractivity (Wildman–Crippen MR) is 161 cm³/mol. The first-order valence-corrected chi connectivity index (χ1v) is 14.9. The molecule has 0 radical (unpaired) electrons. The Labute approximate surface area is 252 Å². The summed E-state index contributed by atoms with van der Waals surface area (Å²) in [5.74, 6) is -0.888. The van der Waals surface area contributed by atoms with Gasteiger partial charge in [-0.1, -0.05) is 73.2 Å². The van der Waals surface area contributed by atoms with Crippen LogP contribution in [0.15, 0.2) is 85.2 Å². The smallest absolute Gasteiger partial charge is 0.164 e. The second-order valence-corrected chi connectivity index (χ2v) is 12.4. The summed E-state index contributed by atoms with van der Waals surface area (Å²) in [6, 6.07) is 23.4. The molecule has 6 nitrogen and oxygen atoms in total. The highest BCUT2D eigenvalue weighted by molar-refractivity contribution is 6.03. The summed E-state index contributed by atoms with van der Waals surface area (Å²) in [7, 11) is 0. The highest BCUT2D eigenvalue weighted by Gasteiger charge is 2.70. The standard InChI is InChI=1S/C35H31F3N6/c1-20(2)23-13-10-14-24(21(3)4)32(23)27-19-42-33(26-12-7-6-11-25(26)27)30-18-31(34(36,37)38)40-44(30)35(42)41-16-9-8-15-28(41)29-17-22(5)39-43(29)35/h6-21H,1-5H3/q+2. The average molecular weight is 593 g/mol. The Bertz CT molecular complexity index is 2130. The lowest BCUT2D eigenvalue weighted by molar-refractivity contribution is -0.990. The zero-order valence-corrected chi connectivity index (χ0v) is 25.1. The molecule has 0 N–H and O–H groups in total. The van der Waals surface area contributed by atoms with Crippen molar-refractivity contribution in [3.63, 3.8) is 0 Å². The molecule has 44 heavy (non-hydrogen) atoms. The van der Waals surface area contributed by atoms with E-state index < -0.39 is 17.8 Å². The van der Waals surface area contributed by atoms with Crippen LogP contribution in [0.3, 0.4) is 0 Å². The first kappa shape index (κ1) is 26.8. The molecule has 220 valence electrons. The van der Waals surface area contributed by atoms with E-state index in [9.17, 15) is 13.2 Å². The van der Waals surface area contributed by atoms with Crippen LogP contribution in [-0.2, 0) is 12.1 Å². The zero-order valence-electron chi connectivity index (χ0n) is 25.1. The van der Waals surface area contributed by atoms with E-state index in [4.69, 9.17) is 5.10 Å². The van der Waals surface area contributed by atoms with Gasteiger partial charge in [-0.25, -0.2) is 0 Å². The molecule has 0 amide bonds. The molecular weight excluding hydrogens is 561 g/mol. The summed E-state index contributed by atoms with van der Waals surface area (Å²) in [6.45, 7) is 10.7. The van der Waals surface area contributed by atoms with Gasteiger partial charge in [-0.15, -0.1) is 9.36 Å². The topological polar surface area (TPSA) is 43.4 Å². The monoisotopic (exact) mass is 592 g/mol. The lowest BCUT2D eigenvalue weighted by Gasteiger charge is -2.22. The Kier molecular flexibility index (Phi) is 5.41. The van der Waals surface area contributed by atoms with E-state index in [2.05, 4.69) is 67.8 Å². The fourth-order valence-electron chi connectivity index (χ4n) is 7.23. The molecule has 1 spiro atoms. The quantitative estimate of drug-likeness (QED) is 0.203. The van der Waals surface area contributed by atoms with Gasteiger partial charge in [0, 0.05) is 23.6 Å². The van der Waals surface area contributed by atoms with E-state index in [0.717, 1.165) is 39.0 Å². The van der Waals surface area contributed by atoms with Crippen molar-refractivity contribution >= 4 is 10.8 Å². The number of benzene rings is 2. The Morgan fingerprint density at radius 2 is 1.41 bits per heavy atom. The largest absolute Gasteiger partial charge is 0.583 e. The van der Waals surface area contributed by atoms with E-state index in [1.165, 1.54) is 21.9 Å². The third-order valence-corrected chi connectivity index (χ3v) is 9.02. The second kappa shape index (κ2) is 8.87. The van der Waals surface area contributed by atoms with E-state index in [-0.39, 0.29) is 11.8 Å². The molecular formula is C35H31F3N6+2. The predicted octanol–water partition coefficient (Wildman–Crippen LogP) is 7.22. The van der Waals surface area contributed by atoms with Crippen molar-refractivity contribution in [3.05, 3.63) is 108 Å². The molecule has 4 aromatic heterocycles. The van der Waals surface area contributed by atoms with E-state index >= 15 is 0 Å². The Morgan fingerprint density at radius 3 is 2.09 bits per heavy atom. The Hall–Kier alpha value is -4.79. The molecule has 9 heteroatoms. The molecule has 1 unspecified atom stereocenters. The van der Waals surface area contributed by atoms with E-state index in [1.54, 1.807) is 0 Å². The first-order valence-electron chi connectivity index (χ1n) is 14.9. The number of alkyl halides is 3. The van der Waals surface area contributed by atoms with Crippen LogP contribution in [0.2, 0.25) is 0 Å². The number of nitrogens with zero attached hydrogens (tertiary/aromatic N) is 6. The number of hydrogen-bond donors (Lipinski definition) is 0. The SMILES string of the molecule is Cc1cc2n(n1)C1(n3nc(C(F)(F)F)cc3-c3c4ccccc4c(-c4c(C(C)C)cccc4C(C)C)c[n+]31)[n+]1ccccc1-2. The molecule has 0 saturated heterocycles. The van der Waals surface area contributed by atoms with Gasteiger partial charge in [0.2, 0.25) is 11.4 Å². The van der Waals surface area contributed by atoms with Gasteiger partial charge in [-0.2, -0.15) is 23.4 Å². The normalized spacial score (nSPS) is 16.7. The molecule has 0 saturated carbocycles. The van der Waals surface area contributed by atoms with Crippen LogP contribution in [-0.4, -0.2) is 19.6 Å². The van der Waals surface area contributed by atoms with Gasteiger partial charge < -0.3 is 0 Å². The Balaban J connectivity index is 1.60. The van der Waals surface area contributed by atoms with Crippen molar-refractivity contribution in [1.82, 2.24) is 19.6 Å². The average Bonchev–Trinajstić information content (AvgIpc) is 3.72. The number of hydrogen-bond acceptors (Lipinski definition) is 2. The zero-order chi connectivity index (χ0) is 30.7. The molecule has 2 aliphatic rings. The maximum atomic E-state index is 14.3. The molecule has 6 aromatic rings. The molecule has 0 aliphatic carbocycles. The summed E-state index contributed by atoms with van der Waals surface area (Å²) in [6.07, 6.45) is -0.605. The van der Waals surface area contributed by atoms with Gasteiger partial charge >= 0.3 is 12.1 Å². The van der Waals surface area contributed by atoms with Crippen LogP contribution in [0.5, 0.6) is 0 Å². The molecule has 0 bridgehead atoms. The van der Waals surface area contributed by atoms with Crippen LogP contribution in [0.1, 0.15) is 62.0 Å². The van der Waals surface area contributed by atoms with Crippen molar-refractivity contribution in [2.75, 3.05) is 0 Å². The van der Waals surface area contributed by atoms with Crippen LogP contribution >= 0.6 is 0 Å². The van der Waals surface area contributed by atoms with Gasteiger partial charge in [-0.05, 0) is 53.6 Å². The minimum Gasteiger partial charge on any atom is -0.164 e. The molecule has 1 atom stereocenters. The third kappa shape index (κ3) is 3.32. The number of aromatic nitrogens is 6. The second-order valence-electron chi connectivity index (χ2n) is 12.4. The van der Waals surface area contributed by atoms with Crippen molar-refractivity contribution < 1.29 is 22.3 Å². The van der Waals surface area contributed by atoms with Crippen molar-refractivity contribution in [3.8, 4) is 33.9 Å². The van der Waals surface area contributed by atoms with Crippen molar-refractivity contribution in [1.29, 1.82) is 0 Å². The molecule has 2 aliphatic heterocycles. The summed E-state index contributed by atoms with van der Waals surface area (Å²) in [4.78, 5) is 0. The molecule has 2 aromatic carbocycles. The summed E-state index contributed by atoms with van der Waals surface area (Å²) in [5, 5.41) is 11.0. The van der Waals surface area contributed by atoms with Crippen LogP contribution < -0.4 is 9.13 Å². The first-order chi connectivity index (χ1) is 21.0. The number of fused-ring (bicyclic) bond motifs is 12. The lowest BCUT2D eigenvalue weighted by Crippen LogP contribution is -2.77. The van der Waals surface area contributed by atoms with Gasteiger partial charge in [0.1, 0.15) is 5.69 Å². The van der Waals surface area contributed by atoms with Gasteiger partial charge in [0.05, 0.1) is 16.6 Å². The van der Waals surface area contributed by atoms with Crippen LogP contribution in [0.4, 0.5) is 13.2 Å².